The SMILES string of the molecule is C#CC(=O)OC1CCC2(C)C(=CCC3C2CCC2(C)C(CCCCC(C)C)CCC32)C1. The molecule has 7 unspecified atom stereocenters. The van der Waals surface area contributed by atoms with Crippen molar-refractivity contribution in [2.45, 2.75) is 111 Å². The first kappa shape index (κ1) is 22.9. The van der Waals surface area contributed by atoms with Crippen LogP contribution >= 0.6 is 0 Å². The van der Waals surface area contributed by atoms with E-state index in [1.807, 2.05) is 0 Å². The number of ether oxygens (including phenoxy) is 1. The smallest absolute Gasteiger partial charge is 0.384 e. The summed E-state index contributed by atoms with van der Waals surface area (Å²) in [5.41, 5.74) is 2.43. The third-order valence-electron chi connectivity index (χ3n) is 10.2. The van der Waals surface area contributed by atoms with E-state index in [2.05, 4.69) is 39.7 Å². The van der Waals surface area contributed by atoms with Gasteiger partial charge in [0.05, 0.1) is 0 Å². The van der Waals surface area contributed by atoms with Crippen molar-refractivity contribution in [1.29, 1.82) is 0 Å². The lowest BCUT2D eigenvalue weighted by Crippen LogP contribution is -2.50. The number of rotatable bonds is 6. The zero-order valence-corrected chi connectivity index (χ0v) is 20.4. The van der Waals surface area contributed by atoms with E-state index in [4.69, 9.17) is 11.2 Å². The number of unbranched alkanes of at least 4 members (excludes halogenated alkanes) is 1. The minimum Gasteiger partial charge on any atom is -0.452 e. The Bertz CT molecular complexity index is 742. The summed E-state index contributed by atoms with van der Waals surface area (Å²) in [5.74, 6) is 5.99. The lowest BCUT2D eigenvalue weighted by atomic mass is 9.47. The Morgan fingerprint density at radius 2 is 1.97 bits per heavy atom. The van der Waals surface area contributed by atoms with Crippen LogP contribution in [0.15, 0.2) is 11.6 Å². The van der Waals surface area contributed by atoms with Gasteiger partial charge in [-0.05, 0) is 91.8 Å². The predicted molar refractivity (Wildman–Crippen MR) is 127 cm³/mol. The van der Waals surface area contributed by atoms with E-state index < -0.39 is 5.97 Å². The molecule has 0 heterocycles. The molecule has 0 aromatic rings. The molecule has 0 amide bonds. The maximum atomic E-state index is 11.6. The fourth-order valence-electron chi connectivity index (χ4n) is 8.44. The van der Waals surface area contributed by atoms with E-state index in [9.17, 15) is 4.79 Å². The van der Waals surface area contributed by atoms with Crippen LogP contribution in [0.2, 0.25) is 0 Å². The number of esters is 1. The number of allylic oxidation sites excluding steroid dienone is 1. The van der Waals surface area contributed by atoms with Crippen LogP contribution in [0, 0.1) is 52.8 Å². The molecule has 4 rings (SSSR count). The topological polar surface area (TPSA) is 26.3 Å². The Balaban J connectivity index is 1.43. The summed E-state index contributed by atoms with van der Waals surface area (Å²) >= 11 is 0. The van der Waals surface area contributed by atoms with Crippen molar-refractivity contribution in [3.05, 3.63) is 11.6 Å². The first-order valence-electron chi connectivity index (χ1n) is 13.1. The van der Waals surface area contributed by atoms with Crippen LogP contribution in [0.5, 0.6) is 0 Å². The van der Waals surface area contributed by atoms with Crippen LogP contribution < -0.4 is 0 Å². The van der Waals surface area contributed by atoms with Gasteiger partial charge in [-0.25, -0.2) is 4.79 Å². The Hall–Kier alpha value is -1.23. The summed E-state index contributed by atoms with van der Waals surface area (Å²) < 4.78 is 5.52. The maximum Gasteiger partial charge on any atom is 0.384 e. The molecule has 3 saturated carbocycles. The van der Waals surface area contributed by atoms with Gasteiger partial charge in [0.1, 0.15) is 6.10 Å². The van der Waals surface area contributed by atoms with Gasteiger partial charge in [0.2, 0.25) is 0 Å². The van der Waals surface area contributed by atoms with Gasteiger partial charge in [-0.15, -0.1) is 6.42 Å². The Morgan fingerprint density at radius 3 is 2.71 bits per heavy atom. The fourth-order valence-corrected chi connectivity index (χ4v) is 8.44. The first-order chi connectivity index (χ1) is 14.8. The highest BCUT2D eigenvalue weighted by atomic mass is 16.5. The standard InChI is InChI=1S/C29H44O2/c1-6-27(30)31-23-15-17-29(5)22(19-23)11-13-24-25-14-12-21(10-8-7-9-20(2)3)28(25,4)18-16-26(24)29/h1,11,20-21,23-26H,7-10,12-19H2,2-5H3. The van der Waals surface area contributed by atoms with Crippen molar-refractivity contribution < 1.29 is 9.53 Å². The number of hydrogen-bond acceptors (Lipinski definition) is 2. The van der Waals surface area contributed by atoms with E-state index in [1.165, 1.54) is 57.8 Å². The van der Waals surface area contributed by atoms with E-state index in [-0.39, 0.29) is 6.10 Å². The molecule has 0 aliphatic heterocycles. The minimum atomic E-state index is -0.498. The van der Waals surface area contributed by atoms with Gasteiger partial charge >= 0.3 is 5.97 Å². The van der Waals surface area contributed by atoms with Crippen LogP contribution in [-0.4, -0.2) is 12.1 Å². The van der Waals surface area contributed by atoms with Gasteiger partial charge in [-0.3, -0.25) is 0 Å². The summed E-state index contributed by atoms with van der Waals surface area (Å²) in [7, 11) is 0. The molecule has 2 heteroatoms. The van der Waals surface area contributed by atoms with Crippen molar-refractivity contribution in [1.82, 2.24) is 0 Å². The van der Waals surface area contributed by atoms with Gasteiger partial charge in [0.15, 0.2) is 0 Å². The Labute approximate surface area is 191 Å². The van der Waals surface area contributed by atoms with Crippen molar-refractivity contribution >= 4 is 5.97 Å². The Kier molecular flexibility index (Phi) is 6.63. The van der Waals surface area contributed by atoms with Crippen molar-refractivity contribution in [3.8, 4) is 12.3 Å². The van der Waals surface area contributed by atoms with Gasteiger partial charge in [0.25, 0.3) is 0 Å². The predicted octanol–water partition coefficient (Wildman–Crippen LogP) is 7.33. The average molecular weight is 425 g/mol. The van der Waals surface area contributed by atoms with Gasteiger partial charge in [0, 0.05) is 12.3 Å². The quantitative estimate of drug-likeness (QED) is 0.147. The third kappa shape index (κ3) is 4.24. The molecule has 0 N–H and O–H groups in total. The molecule has 0 spiro atoms. The highest BCUT2D eigenvalue weighted by Crippen LogP contribution is 2.66. The van der Waals surface area contributed by atoms with Gasteiger partial charge < -0.3 is 4.74 Å². The van der Waals surface area contributed by atoms with E-state index in [0.717, 1.165) is 48.9 Å². The lowest BCUT2D eigenvalue weighted by Gasteiger charge is -2.58. The van der Waals surface area contributed by atoms with E-state index in [1.54, 1.807) is 5.57 Å². The number of hydrogen-bond donors (Lipinski definition) is 0. The monoisotopic (exact) mass is 424 g/mol. The number of carbonyl (C=O) groups is 1. The lowest BCUT2D eigenvalue weighted by molar-refractivity contribution is -0.144. The molecule has 4 aliphatic carbocycles. The molecule has 3 fully saturated rings. The molecule has 2 nitrogen and oxygen atoms in total. The Morgan fingerprint density at radius 1 is 1.16 bits per heavy atom. The first-order valence-corrected chi connectivity index (χ1v) is 13.1. The zero-order valence-electron chi connectivity index (χ0n) is 20.4. The molecule has 4 aliphatic rings. The molecule has 31 heavy (non-hydrogen) atoms. The number of terminal acetylenes is 1. The van der Waals surface area contributed by atoms with Gasteiger partial charge in [-0.2, -0.15) is 0 Å². The summed E-state index contributed by atoms with van der Waals surface area (Å²) in [6.45, 7) is 9.89. The number of fused-ring (bicyclic) bond motifs is 5. The van der Waals surface area contributed by atoms with E-state index in [0.29, 0.717) is 10.8 Å². The van der Waals surface area contributed by atoms with Crippen LogP contribution in [0.4, 0.5) is 0 Å². The van der Waals surface area contributed by atoms with E-state index >= 15 is 0 Å². The molecule has 172 valence electrons. The molecule has 0 aromatic heterocycles. The van der Waals surface area contributed by atoms with Gasteiger partial charge in [-0.1, -0.05) is 58.6 Å². The van der Waals surface area contributed by atoms with Crippen molar-refractivity contribution in [3.63, 3.8) is 0 Å². The molecule has 0 saturated heterocycles. The summed E-state index contributed by atoms with van der Waals surface area (Å²) in [6, 6.07) is 0. The second kappa shape index (κ2) is 8.96. The normalized spacial score (nSPS) is 41.5. The molecule has 0 radical (unpaired) electrons. The maximum absolute atomic E-state index is 11.6. The van der Waals surface area contributed by atoms with Crippen LogP contribution in [0.25, 0.3) is 0 Å². The summed E-state index contributed by atoms with van der Waals surface area (Å²) in [6.07, 6.45) is 23.4. The average Bonchev–Trinajstić information content (AvgIpc) is 3.07. The fraction of sp³-hybridized carbons (Fsp3) is 0.828. The van der Waals surface area contributed by atoms with Crippen LogP contribution in [0.1, 0.15) is 105 Å². The van der Waals surface area contributed by atoms with Crippen molar-refractivity contribution in [2.75, 3.05) is 0 Å². The molecule has 7 atom stereocenters. The third-order valence-corrected chi connectivity index (χ3v) is 10.2. The molecule has 0 aromatic carbocycles. The second-order valence-corrected chi connectivity index (χ2v) is 12.2. The van der Waals surface area contributed by atoms with Crippen molar-refractivity contribution in [2.24, 2.45) is 40.4 Å². The van der Waals surface area contributed by atoms with Crippen LogP contribution in [0.3, 0.4) is 0 Å². The van der Waals surface area contributed by atoms with Crippen LogP contribution in [-0.2, 0) is 9.53 Å². The molecular weight excluding hydrogens is 380 g/mol. The second-order valence-electron chi connectivity index (χ2n) is 12.2. The zero-order chi connectivity index (χ0) is 22.2. The largest absolute Gasteiger partial charge is 0.452 e. The number of carbonyl (C=O) groups excluding carboxylic acids is 1. The highest BCUT2D eigenvalue weighted by Gasteiger charge is 2.58. The molecular formula is C29H44O2. The summed E-state index contributed by atoms with van der Waals surface area (Å²) in [4.78, 5) is 11.6. The molecule has 0 bridgehead atoms. The highest BCUT2D eigenvalue weighted by molar-refractivity contribution is 5.87. The summed E-state index contributed by atoms with van der Waals surface area (Å²) in [5, 5.41) is 0. The minimum absolute atomic E-state index is 0.0185.